The molecule has 2 N–H and O–H groups in total. The number of aromatic nitrogens is 1. The number of carbonyl (C=O) groups excluding carboxylic acids is 1. The summed E-state index contributed by atoms with van der Waals surface area (Å²) in [5.41, 5.74) is 1.34. The monoisotopic (exact) mass is 523 g/mol. The molecule has 0 bridgehead atoms. The van der Waals surface area contributed by atoms with E-state index in [1.54, 1.807) is 31.2 Å². The fraction of sp³-hybridized carbons (Fsp3) is 0.280. The molecule has 2 aromatic carbocycles. The normalized spacial score (nSPS) is 12.9. The van der Waals surface area contributed by atoms with E-state index in [9.17, 15) is 30.8 Å². The first-order valence-corrected chi connectivity index (χ1v) is 12.8. The molecule has 0 spiro atoms. The lowest BCUT2D eigenvalue weighted by atomic mass is 9.98. The first-order chi connectivity index (χ1) is 16.7. The van der Waals surface area contributed by atoms with E-state index < -0.39 is 39.5 Å². The molecule has 1 aromatic heterocycles. The Kier molecular flexibility index (Phi) is 8.15. The first kappa shape index (κ1) is 27.3. The minimum atomic E-state index is -4.62. The maximum atomic E-state index is 14.4. The summed E-state index contributed by atoms with van der Waals surface area (Å²) in [4.78, 5) is 16.6. The van der Waals surface area contributed by atoms with Crippen LogP contribution in [-0.2, 0) is 34.1 Å². The zero-order chi connectivity index (χ0) is 26.7. The number of carbonyl (C=O) groups is 1. The van der Waals surface area contributed by atoms with E-state index in [2.05, 4.69) is 15.0 Å². The van der Waals surface area contributed by atoms with Gasteiger partial charge in [-0.2, -0.15) is 13.2 Å². The highest BCUT2D eigenvalue weighted by Gasteiger charge is 2.33. The summed E-state index contributed by atoms with van der Waals surface area (Å²) in [5, 5.41) is 2.68. The zero-order valence-electron chi connectivity index (χ0n) is 19.8. The standard InChI is InChI=1S/C25H25F4N3O3S/c1-15-4-6-17(7-5-15)23-20(10-11-22(32-23)25(27,28)29)13-30-24(33)16(2)18-8-9-19(21(26)12-18)14-31-36(3,34)35/h4-12,16,31H,13-14H2,1-3H3,(H,30,33). The van der Waals surface area contributed by atoms with Gasteiger partial charge in [-0.1, -0.05) is 48.0 Å². The first-order valence-electron chi connectivity index (χ1n) is 10.9. The van der Waals surface area contributed by atoms with Crippen molar-refractivity contribution in [1.82, 2.24) is 15.0 Å². The number of hydrogen-bond donors (Lipinski definition) is 2. The number of benzene rings is 2. The lowest BCUT2D eigenvalue weighted by Crippen LogP contribution is -2.28. The van der Waals surface area contributed by atoms with Gasteiger partial charge in [0.25, 0.3) is 0 Å². The van der Waals surface area contributed by atoms with Gasteiger partial charge in [0, 0.05) is 24.2 Å². The van der Waals surface area contributed by atoms with Gasteiger partial charge >= 0.3 is 6.18 Å². The summed E-state index contributed by atoms with van der Waals surface area (Å²) >= 11 is 0. The van der Waals surface area contributed by atoms with Crippen LogP contribution in [0.15, 0.2) is 54.6 Å². The van der Waals surface area contributed by atoms with Crippen LogP contribution >= 0.6 is 0 Å². The van der Waals surface area contributed by atoms with Crippen LogP contribution in [0.2, 0.25) is 0 Å². The van der Waals surface area contributed by atoms with Crippen molar-refractivity contribution >= 4 is 15.9 Å². The van der Waals surface area contributed by atoms with Crippen LogP contribution < -0.4 is 10.0 Å². The molecule has 1 unspecified atom stereocenters. The number of hydrogen-bond acceptors (Lipinski definition) is 4. The molecule has 0 aliphatic carbocycles. The van der Waals surface area contributed by atoms with E-state index in [4.69, 9.17) is 0 Å². The third kappa shape index (κ3) is 7.11. The van der Waals surface area contributed by atoms with Gasteiger partial charge in [-0.15, -0.1) is 0 Å². The van der Waals surface area contributed by atoms with E-state index in [-0.39, 0.29) is 24.3 Å². The fourth-order valence-corrected chi connectivity index (χ4v) is 3.84. The highest BCUT2D eigenvalue weighted by atomic mass is 32.2. The quantitative estimate of drug-likeness (QED) is 0.420. The number of nitrogens with zero attached hydrogens (tertiary/aromatic N) is 1. The van der Waals surface area contributed by atoms with Gasteiger partial charge in [0.15, 0.2) is 0 Å². The Labute approximate surface area is 206 Å². The summed E-state index contributed by atoms with van der Waals surface area (Å²) in [6.07, 6.45) is -3.66. The molecular formula is C25H25F4N3O3S. The second-order valence-electron chi connectivity index (χ2n) is 8.45. The van der Waals surface area contributed by atoms with Crippen LogP contribution in [0.5, 0.6) is 0 Å². The maximum absolute atomic E-state index is 14.4. The summed E-state index contributed by atoms with van der Waals surface area (Å²) in [6, 6.07) is 13.0. The van der Waals surface area contributed by atoms with Gasteiger partial charge in [0.05, 0.1) is 17.9 Å². The number of aryl methyl sites for hydroxylation is 1. The minimum Gasteiger partial charge on any atom is -0.351 e. The van der Waals surface area contributed by atoms with E-state index in [1.165, 1.54) is 18.2 Å². The third-order valence-corrected chi connectivity index (χ3v) is 6.21. The maximum Gasteiger partial charge on any atom is 0.433 e. The topological polar surface area (TPSA) is 88.2 Å². The number of pyridine rings is 1. The average molecular weight is 524 g/mol. The highest BCUT2D eigenvalue weighted by Crippen LogP contribution is 2.31. The number of alkyl halides is 3. The van der Waals surface area contributed by atoms with Crippen LogP contribution in [0.4, 0.5) is 17.6 Å². The molecule has 3 aromatic rings. The molecule has 0 radical (unpaired) electrons. The number of sulfonamides is 1. The molecule has 3 rings (SSSR count). The van der Waals surface area contributed by atoms with Crippen molar-refractivity contribution in [3.63, 3.8) is 0 Å². The smallest absolute Gasteiger partial charge is 0.351 e. The summed E-state index contributed by atoms with van der Waals surface area (Å²) in [5.74, 6) is -1.91. The van der Waals surface area contributed by atoms with Crippen molar-refractivity contribution < 1.29 is 30.8 Å². The van der Waals surface area contributed by atoms with Crippen LogP contribution in [0.25, 0.3) is 11.3 Å². The van der Waals surface area contributed by atoms with Crippen LogP contribution in [0.3, 0.4) is 0 Å². The fourth-order valence-electron chi connectivity index (χ4n) is 3.42. The largest absolute Gasteiger partial charge is 0.433 e. The summed E-state index contributed by atoms with van der Waals surface area (Å²) < 4.78 is 78.9. The number of amides is 1. The zero-order valence-corrected chi connectivity index (χ0v) is 20.6. The van der Waals surface area contributed by atoms with Crippen molar-refractivity contribution in [1.29, 1.82) is 0 Å². The van der Waals surface area contributed by atoms with E-state index in [1.807, 2.05) is 6.92 Å². The van der Waals surface area contributed by atoms with Gasteiger partial charge < -0.3 is 5.32 Å². The molecule has 0 fully saturated rings. The predicted molar refractivity (Wildman–Crippen MR) is 128 cm³/mol. The molecule has 0 aliphatic heterocycles. The van der Waals surface area contributed by atoms with Gasteiger partial charge in [0.2, 0.25) is 15.9 Å². The molecular weight excluding hydrogens is 498 g/mol. The van der Waals surface area contributed by atoms with Crippen molar-refractivity contribution in [2.75, 3.05) is 6.26 Å². The molecule has 192 valence electrons. The lowest BCUT2D eigenvalue weighted by Gasteiger charge is -2.16. The van der Waals surface area contributed by atoms with E-state index >= 15 is 0 Å². The Bertz CT molecular complexity index is 1360. The molecule has 36 heavy (non-hydrogen) atoms. The molecule has 0 saturated carbocycles. The van der Waals surface area contributed by atoms with Crippen molar-refractivity contribution in [2.45, 2.75) is 39.0 Å². The summed E-state index contributed by atoms with van der Waals surface area (Å²) in [6.45, 7) is 3.10. The van der Waals surface area contributed by atoms with Crippen LogP contribution in [-0.4, -0.2) is 25.6 Å². The second-order valence-corrected chi connectivity index (χ2v) is 10.3. The number of rotatable bonds is 8. The molecule has 0 aliphatic rings. The Balaban J connectivity index is 1.78. The molecule has 1 atom stereocenters. The average Bonchev–Trinajstić information content (AvgIpc) is 2.80. The lowest BCUT2D eigenvalue weighted by molar-refractivity contribution is -0.141. The number of halogens is 4. The van der Waals surface area contributed by atoms with Crippen LogP contribution in [0, 0.1) is 12.7 Å². The molecule has 6 nitrogen and oxygen atoms in total. The van der Waals surface area contributed by atoms with Crippen molar-refractivity contribution in [3.05, 3.63) is 88.4 Å². The minimum absolute atomic E-state index is 0.0869. The van der Waals surface area contributed by atoms with Crippen molar-refractivity contribution in [2.24, 2.45) is 0 Å². The number of nitrogens with one attached hydrogen (secondary N) is 2. The Morgan fingerprint density at radius 1 is 1.00 bits per heavy atom. The summed E-state index contributed by atoms with van der Waals surface area (Å²) in [7, 11) is -3.50. The van der Waals surface area contributed by atoms with Gasteiger partial charge in [-0.25, -0.2) is 22.5 Å². The van der Waals surface area contributed by atoms with Gasteiger partial charge in [0.1, 0.15) is 11.5 Å². The SMILES string of the molecule is Cc1ccc(-c2nc(C(F)(F)F)ccc2CNC(=O)C(C)c2ccc(CNS(C)(=O)=O)c(F)c2)cc1. The Morgan fingerprint density at radius 2 is 1.64 bits per heavy atom. The predicted octanol–water partition coefficient (Wildman–Crippen LogP) is 4.68. The second kappa shape index (κ2) is 10.8. The van der Waals surface area contributed by atoms with E-state index in [0.717, 1.165) is 24.0 Å². The molecule has 1 heterocycles. The highest BCUT2D eigenvalue weighted by molar-refractivity contribution is 7.88. The molecule has 11 heteroatoms. The van der Waals surface area contributed by atoms with Gasteiger partial charge in [-0.3, -0.25) is 4.79 Å². The van der Waals surface area contributed by atoms with Gasteiger partial charge in [-0.05, 0) is 37.1 Å². The Morgan fingerprint density at radius 3 is 2.22 bits per heavy atom. The Hall–Kier alpha value is -3.31. The van der Waals surface area contributed by atoms with E-state index in [0.29, 0.717) is 16.7 Å². The van der Waals surface area contributed by atoms with Crippen LogP contribution in [0.1, 0.15) is 40.8 Å². The molecule has 1 amide bonds. The molecule has 0 saturated heterocycles. The third-order valence-electron chi connectivity index (χ3n) is 5.54. The van der Waals surface area contributed by atoms with Crippen molar-refractivity contribution in [3.8, 4) is 11.3 Å².